The van der Waals surface area contributed by atoms with Gasteiger partial charge >= 0.3 is 0 Å². The summed E-state index contributed by atoms with van der Waals surface area (Å²) in [6, 6.07) is 8.34. The molecule has 0 aromatic heterocycles. The molecule has 1 aromatic carbocycles. The zero-order valence-corrected chi connectivity index (χ0v) is 12.2. The van der Waals surface area contributed by atoms with Crippen LogP contribution in [-0.2, 0) is 0 Å². The van der Waals surface area contributed by atoms with E-state index in [0.29, 0.717) is 0 Å². The number of halogens is 1. The lowest BCUT2D eigenvalue weighted by Gasteiger charge is -2.10. The second-order valence-corrected chi connectivity index (χ2v) is 5.38. The first-order valence-corrected chi connectivity index (χ1v) is 6.47. The van der Waals surface area contributed by atoms with E-state index in [1.807, 2.05) is 24.3 Å². The first kappa shape index (κ1) is 13.6. The summed E-state index contributed by atoms with van der Waals surface area (Å²) in [6.45, 7) is 3.15. The lowest BCUT2D eigenvalue weighted by molar-refractivity contribution is 0.384. The molecule has 0 heterocycles. The molecule has 0 saturated heterocycles. The van der Waals surface area contributed by atoms with Gasteiger partial charge in [0.05, 0.1) is 11.7 Å². The van der Waals surface area contributed by atoms with E-state index >= 15 is 0 Å². The number of azo groups is 1. The van der Waals surface area contributed by atoms with Crippen molar-refractivity contribution < 1.29 is 0 Å². The summed E-state index contributed by atoms with van der Waals surface area (Å²) in [4.78, 5) is 2.16. The van der Waals surface area contributed by atoms with Gasteiger partial charge in [-0.2, -0.15) is 10.2 Å². The van der Waals surface area contributed by atoms with Gasteiger partial charge in [0.1, 0.15) is 0 Å². The van der Waals surface area contributed by atoms with Gasteiger partial charge in [0.25, 0.3) is 0 Å². The molecule has 1 aromatic rings. The van der Waals surface area contributed by atoms with Gasteiger partial charge in [-0.05, 0) is 80.8 Å². The Morgan fingerprint density at radius 1 is 1.25 bits per heavy atom. The van der Waals surface area contributed by atoms with Crippen molar-refractivity contribution >= 4 is 28.3 Å². The fourth-order valence-corrected chi connectivity index (χ4v) is 1.54. The van der Waals surface area contributed by atoms with E-state index in [4.69, 9.17) is 0 Å². The number of hydrogen-bond donors (Lipinski definition) is 0. The van der Waals surface area contributed by atoms with Crippen LogP contribution in [-0.4, -0.2) is 31.6 Å². The standard InChI is InChI=1S/C12H18IN3/c1-10(8-9-16(2)3)14-15-12-6-4-11(13)5-7-12/h4-7,10H,8-9H2,1-3H3. The molecule has 3 nitrogen and oxygen atoms in total. The SMILES string of the molecule is CC(CCN(C)C)N=Nc1ccc(I)cc1. The summed E-state index contributed by atoms with van der Waals surface area (Å²) >= 11 is 2.28. The van der Waals surface area contributed by atoms with Crippen molar-refractivity contribution in [2.75, 3.05) is 20.6 Å². The topological polar surface area (TPSA) is 28.0 Å². The maximum atomic E-state index is 4.29. The van der Waals surface area contributed by atoms with E-state index < -0.39 is 0 Å². The number of nitrogens with zero attached hydrogens (tertiary/aromatic N) is 3. The molecule has 1 unspecified atom stereocenters. The Balaban J connectivity index is 2.43. The molecule has 0 bridgehead atoms. The van der Waals surface area contributed by atoms with Crippen molar-refractivity contribution in [2.45, 2.75) is 19.4 Å². The Kier molecular flexibility index (Phi) is 5.90. The summed E-state index contributed by atoms with van der Waals surface area (Å²) in [5, 5.41) is 8.52. The second kappa shape index (κ2) is 6.96. The fourth-order valence-electron chi connectivity index (χ4n) is 1.18. The Bertz CT molecular complexity index is 333. The van der Waals surface area contributed by atoms with Crippen molar-refractivity contribution in [3.63, 3.8) is 0 Å². The third-order valence-corrected chi connectivity index (χ3v) is 2.91. The molecule has 0 N–H and O–H groups in total. The maximum Gasteiger partial charge on any atom is 0.0853 e. The first-order valence-electron chi connectivity index (χ1n) is 5.39. The predicted octanol–water partition coefficient (Wildman–Crippen LogP) is 3.72. The van der Waals surface area contributed by atoms with Crippen LogP contribution in [0.2, 0.25) is 0 Å². The quantitative estimate of drug-likeness (QED) is 0.597. The van der Waals surface area contributed by atoms with Crippen LogP contribution in [0.5, 0.6) is 0 Å². The van der Waals surface area contributed by atoms with E-state index in [9.17, 15) is 0 Å². The number of hydrogen-bond acceptors (Lipinski definition) is 3. The highest BCUT2D eigenvalue weighted by Crippen LogP contribution is 2.15. The average molecular weight is 331 g/mol. The van der Waals surface area contributed by atoms with Crippen LogP contribution in [0, 0.1) is 3.57 Å². The smallest absolute Gasteiger partial charge is 0.0853 e. The van der Waals surface area contributed by atoms with E-state index in [0.717, 1.165) is 18.7 Å². The van der Waals surface area contributed by atoms with Crippen LogP contribution in [0.25, 0.3) is 0 Å². The lowest BCUT2D eigenvalue weighted by Crippen LogP contribution is -2.16. The minimum absolute atomic E-state index is 0.279. The minimum atomic E-state index is 0.279. The Hall–Kier alpha value is -0.490. The molecule has 88 valence electrons. The van der Waals surface area contributed by atoms with Crippen molar-refractivity contribution in [3.05, 3.63) is 27.8 Å². The van der Waals surface area contributed by atoms with Gasteiger partial charge in [-0.1, -0.05) is 0 Å². The second-order valence-electron chi connectivity index (χ2n) is 4.13. The molecule has 0 radical (unpaired) electrons. The molecule has 16 heavy (non-hydrogen) atoms. The Labute approximate surface area is 111 Å². The van der Waals surface area contributed by atoms with Crippen molar-refractivity contribution in [1.29, 1.82) is 0 Å². The summed E-state index contributed by atoms with van der Waals surface area (Å²) in [5.41, 5.74) is 0.928. The summed E-state index contributed by atoms with van der Waals surface area (Å²) < 4.78 is 1.22. The molecule has 1 rings (SSSR count). The van der Waals surface area contributed by atoms with E-state index in [1.54, 1.807) is 0 Å². The predicted molar refractivity (Wildman–Crippen MR) is 76.3 cm³/mol. The van der Waals surface area contributed by atoms with Crippen molar-refractivity contribution in [2.24, 2.45) is 10.2 Å². The molecule has 1 atom stereocenters. The largest absolute Gasteiger partial charge is 0.309 e. The minimum Gasteiger partial charge on any atom is -0.309 e. The molecule has 0 aliphatic heterocycles. The molecule has 0 aliphatic rings. The molecule has 0 fully saturated rings. The van der Waals surface area contributed by atoms with Crippen LogP contribution in [0.4, 0.5) is 5.69 Å². The van der Waals surface area contributed by atoms with Crippen LogP contribution in [0.15, 0.2) is 34.5 Å². The molecule has 0 amide bonds. The normalized spacial score (nSPS) is 13.6. The zero-order chi connectivity index (χ0) is 12.0. The fraction of sp³-hybridized carbons (Fsp3) is 0.500. The number of benzene rings is 1. The van der Waals surface area contributed by atoms with Gasteiger partial charge in [-0.3, -0.25) is 0 Å². The van der Waals surface area contributed by atoms with Gasteiger partial charge in [-0.15, -0.1) is 0 Å². The van der Waals surface area contributed by atoms with Crippen LogP contribution < -0.4 is 0 Å². The Morgan fingerprint density at radius 3 is 2.44 bits per heavy atom. The van der Waals surface area contributed by atoms with Crippen LogP contribution in [0.3, 0.4) is 0 Å². The van der Waals surface area contributed by atoms with Gasteiger partial charge in [0.15, 0.2) is 0 Å². The highest BCUT2D eigenvalue weighted by Gasteiger charge is 2.00. The molecular formula is C12H18IN3. The summed E-state index contributed by atoms with van der Waals surface area (Å²) in [7, 11) is 4.14. The van der Waals surface area contributed by atoms with Crippen molar-refractivity contribution in [1.82, 2.24) is 4.90 Å². The average Bonchev–Trinajstić information content (AvgIpc) is 2.25. The van der Waals surface area contributed by atoms with E-state index in [2.05, 4.69) is 58.7 Å². The molecule has 0 saturated carbocycles. The lowest BCUT2D eigenvalue weighted by atomic mass is 10.2. The van der Waals surface area contributed by atoms with Crippen LogP contribution >= 0.6 is 22.6 Å². The van der Waals surface area contributed by atoms with E-state index in [-0.39, 0.29) is 6.04 Å². The molecule has 4 heteroatoms. The molecule has 0 aliphatic carbocycles. The highest BCUT2D eigenvalue weighted by molar-refractivity contribution is 14.1. The van der Waals surface area contributed by atoms with Gasteiger partial charge in [0, 0.05) is 3.57 Å². The third-order valence-electron chi connectivity index (χ3n) is 2.19. The van der Waals surface area contributed by atoms with Gasteiger partial charge in [0.2, 0.25) is 0 Å². The van der Waals surface area contributed by atoms with Crippen LogP contribution in [0.1, 0.15) is 13.3 Å². The number of rotatable bonds is 5. The highest BCUT2D eigenvalue weighted by atomic mass is 127. The van der Waals surface area contributed by atoms with E-state index in [1.165, 1.54) is 3.57 Å². The van der Waals surface area contributed by atoms with Gasteiger partial charge < -0.3 is 4.90 Å². The first-order chi connectivity index (χ1) is 7.58. The zero-order valence-electron chi connectivity index (χ0n) is 10.0. The van der Waals surface area contributed by atoms with Crippen molar-refractivity contribution in [3.8, 4) is 0 Å². The maximum absolute atomic E-state index is 4.29. The summed E-state index contributed by atoms with van der Waals surface area (Å²) in [5.74, 6) is 0. The molecular weight excluding hydrogens is 313 g/mol. The monoisotopic (exact) mass is 331 g/mol. The Morgan fingerprint density at radius 2 is 1.88 bits per heavy atom. The third kappa shape index (κ3) is 5.55. The summed E-state index contributed by atoms with van der Waals surface area (Å²) in [6.07, 6.45) is 1.04. The molecule has 0 spiro atoms. The van der Waals surface area contributed by atoms with Gasteiger partial charge in [-0.25, -0.2) is 0 Å².